The van der Waals surface area contributed by atoms with Crippen LogP contribution in [0.5, 0.6) is 0 Å². The molecule has 1 unspecified atom stereocenters. The standard InChI is InChI=1S/C12H19F3N2O3/c1-2-4-11(9(18)19)5-3-8-17(11)10(20)16-7-6-12(13,14)15/h2-8H2,1H3,(H,16,20)(H,18,19). The zero-order valence-corrected chi connectivity index (χ0v) is 11.3. The van der Waals surface area contributed by atoms with E-state index in [9.17, 15) is 27.9 Å². The number of carbonyl (C=O) groups is 2. The molecule has 1 rings (SSSR count). The lowest BCUT2D eigenvalue weighted by Crippen LogP contribution is -2.56. The molecule has 1 atom stereocenters. The molecule has 0 spiro atoms. The third kappa shape index (κ3) is 3.77. The maximum atomic E-state index is 12.0. The van der Waals surface area contributed by atoms with E-state index in [0.717, 1.165) is 4.90 Å². The van der Waals surface area contributed by atoms with E-state index < -0.39 is 36.7 Å². The number of likely N-dealkylation sites (tertiary alicyclic amines) is 1. The highest BCUT2D eigenvalue weighted by atomic mass is 19.4. The minimum atomic E-state index is -4.34. The van der Waals surface area contributed by atoms with Crippen LogP contribution in [0.4, 0.5) is 18.0 Å². The van der Waals surface area contributed by atoms with Crippen LogP contribution >= 0.6 is 0 Å². The number of nitrogens with zero attached hydrogens (tertiary/aromatic N) is 1. The van der Waals surface area contributed by atoms with Crippen molar-refractivity contribution in [2.75, 3.05) is 13.1 Å². The van der Waals surface area contributed by atoms with Gasteiger partial charge in [0.2, 0.25) is 0 Å². The van der Waals surface area contributed by atoms with E-state index in [0.29, 0.717) is 25.7 Å². The maximum Gasteiger partial charge on any atom is 0.390 e. The van der Waals surface area contributed by atoms with Gasteiger partial charge in [-0.05, 0) is 19.3 Å². The molecule has 2 amide bonds. The van der Waals surface area contributed by atoms with Gasteiger partial charge in [-0.25, -0.2) is 9.59 Å². The van der Waals surface area contributed by atoms with Crippen molar-refractivity contribution in [1.29, 1.82) is 0 Å². The van der Waals surface area contributed by atoms with Crippen molar-refractivity contribution in [2.45, 2.75) is 50.7 Å². The number of halogens is 3. The molecule has 8 heteroatoms. The van der Waals surface area contributed by atoms with Gasteiger partial charge in [-0.1, -0.05) is 13.3 Å². The van der Waals surface area contributed by atoms with Crippen LogP contribution in [0.2, 0.25) is 0 Å². The normalized spacial score (nSPS) is 22.9. The first-order chi connectivity index (χ1) is 9.23. The molecule has 1 aliphatic heterocycles. The van der Waals surface area contributed by atoms with Crippen molar-refractivity contribution in [3.05, 3.63) is 0 Å². The van der Waals surface area contributed by atoms with E-state index >= 15 is 0 Å². The zero-order chi connectivity index (χ0) is 15.4. The molecule has 0 bridgehead atoms. The van der Waals surface area contributed by atoms with Crippen molar-refractivity contribution in [2.24, 2.45) is 0 Å². The lowest BCUT2D eigenvalue weighted by atomic mass is 9.91. The molecule has 0 radical (unpaired) electrons. The molecule has 0 aromatic heterocycles. The number of alkyl halides is 3. The monoisotopic (exact) mass is 296 g/mol. The fourth-order valence-electron chi connectivity index (χ4n) is 2.58. The predicted octanol–water partition coefficient (Wildman–Crippen LogP) is 2.37. The maximum absolute atomic E-state index is 12.0. The van der Waals surface area contributed by atoms with Crippen LogP contribution < -0.4 is 5.32 Å². The van der Waals surface area contributed by atoms with Gasteiger partial charge in [0.25, 0.3) is 0 Å². The molecule has 0 aromatic carbocycles. The molecule has 0 aromatic rings. The van der Waals surface area contributed by atoms with Gasteiger partial charge in [-0.3, -0.25) is 0 Å². The molecule has 2 N–H and O–H groups in total. The van der Waals surface area contributed by atoms with Gasteiger partial charge < -0.3 is 15.3 Å². The summed E-state index contributed by atoms with van der Waals surface area (Å²) in [6.45, 7) is 1.52. The SMILES string of the molecule is CCCC1(C(=O)O)CCCN1C(=O)NCCC(F)(F)F. The van der Waals surface area contributed by atoms with E-state index in [1.54, 1.807) is 0 Å². The molecule has 1 aliphatic rings. The second-order valence-electron chi connectivity index (χ2n) is 4.94. The molecule has 0 saturated carbocycles. The minimum absolute atomic E-state index is 0.254. The van der Waals surface area contributed by atoms with Crippen LogP contribution in [0.1, 0.15) is 39.0 Å². The summed E-state index contributed by atoms with van der Waals surface area (Å²) >= 11 is 0. The molecule has 5 nitrogen and oxygen atoms in total. The molecule has 116 valence electrons. The summed E-state index contributed by atoms with van der Waals surface area (Å²) in [4.78, 5) is 24.5. The molecule has 20 heavy (non-hydrogen) atoms. The fourth-order valence-corrected chi connectivity index (χ4v) is 2.58. The van der Waals surface area contributed by atoms with Crippen molar-refractivity contribution in [1.82, 2.24) is 10.2 Å². The van der Waals surface area contributed by atoms with Crippen LogP contribution in [-0.2, 0) is 4.79 Å². The largest absolute Gasteiger partial charge is 0.479 e. The second kappa shape index (κ2) is 6.32. The molecular formula is C12H19F3N2O3. The Labute approximate surface area is 115 Å². The predicted molar refractivity (Wildman–Crippen MR) is 65.3 cm³/mol. The lowest BCUT2D eigenvalue weighted by Gasteiger charge is -2.34. The molecule has 1 fully saturated rings. The van der Waals surface area contributed by atoms with E-state index in [-0.39, 0.29) is 6.54 Å². The highest BCUT2D eigenvalue weighted by Gasteiger charge is 2.49. The molecular weight excluding hydrogens is 277 g/mol. The number of hydrogen-bond acceptors (Lipinski definition) is 2. The Bertz CT molecular complexity index is 373. The quantitative estimate of drug-likeness (QED) is 0.818. The Balaban J connectivity index is 2.68. The molecule has 1 saturated heterocycles. The van der Waals surface area contributed by atoms with Gasteiger partial charge in [0.15, 0.2) is 0 Å². The fraction of sp³-hybridized carbons (Fsp3) is 0.833. The number of aliphatic carboxylic acids is 1. The highest BCUT2D eigenvalue weighted by molar-refractivity contribution is 5.87. The van der Waals surface area contributed by atoms with E-state index in [4.69, 9.17) is 0 Å². The van der Waals surface area contributed by atoms with Crippen molar-refractivity contribution in [3.8, 4) is 0 Å². The minimum Gasteiger partial charge on any atom is -0.479 e. The lowest BCUT2D eigenvalue weighted by molar-refractivity contribution is -0.148. The number of carboxylic acid groups (broad SMARTS) is 1. The average molecular weight is 296 g/mol. The third-order valence-corrected chi connectivity index (χ3v) is 3.48. The van der Waals surface area contributed by atoms with E-state index in [1.165, 1.54) is 0 Å². The number of carboxylic acids is 1. The van der Waals surface area contributed by atoms with Crippen LogP contribution in [-0.4, -0.2) is 46.8 Å². The van der Waals surface area contributed by atoms with Gasteiger partial charge >= 0.3 is 18.2 Å². The summed E-state index contributed by atoms with van der Waals surface area (Å²) in [6.07, 6.45) is -3.71. The number of carbonyl (C=O) groups excluding carboxylic acids is 1. The number of amides is 2. The van der Waals surface area contributed by atoms with Gasteiger partial charge in [0.1, 0.15) is 5.54 Å². The Morgan fingerprint density at radius 3 is 2.55 bits per heavy atom. The zero-order valence-electron chi connectivity index (χ0n) is 11.3. The van der Waals surface area contributed by atoms with Crippen molar-refractivity contribution < 1.29 is 27.9 Å². The first-order valence-corrected chi connectivity index (χ1v) is 6.58. The summed E-state index contributed by atoms with van der Waals surface area (Å²) in [5.74, 6) is -1.09. The molecule has 1 heterocycles. The van der Waals surface area contributed by atoms with Gasteiger partial charge in [-0.15, -0.1) is 0 Å². The number of nitrogens with one attached hydrogen (secondary N) is 1. The first-order valence-electron chi connectivity index (χ1n) is 6.58. The average Bonchev–Trinajstić information content (AvgIpc) is 2.72. The highest BCUT2D eigenvalue weighted by Crippen LogP contribution is 2.34. The third-order valence-electron chi connectivity index (χ3n) is 3.48. The topological polar surface area (TPSA) is 69.6 Å². The summed E-state index contributed by atoms with van der Waals surface area (Å²) in [5.41, 5.74) is -1.28. The number of hydrogen-bond donors (Lipinski definition) is 2. The van der Waals surface area contributed by atoms with Crippen LogP contribution in [0.3, 0.4) is 0 Å². The summed E-state index contributed by atoms with van der Waals surface area (Å²) in [7, 11) is 0. The second-order valence-corrected chi connectivity index (χ2v) is 4.94. The van der Waals surface area contributed by atoms with E-state index in [2.05, 4.69) is 5.32 Å². The summed E-state index contributed by atoms with van der Waals surface area (Å²) in [5, 5.41) is 11.5. The first kappa shape index (κ1) is 16.6. The number of rotatable bonds is 5. The Morgan fingerprint density at radius 1 is 1.40 bits per heavy atom. The summed E-state index contributed by atoms with van der Waals surface area (Å²) in [6, 6.07) is -0.734. The Hall–Kier alpha value is -1.47. The summed E-state index contributed by atoms with van der Waals surface area (Å²) < 4.78 is 36.1. The van der Waals surface area contributed by atoms with Crippen LogP contribution in [0.15, 0.2) is 0 Å². The van der Waals surface area contributed by atoms with Crippen LogP contribution in [0.25, 0.3) is 0 Å². The van der Waals surface area contributed by atoms with E-state index in [1.807, 2.05) is 6.92 Å². The Kier molecular flexibility index (Phi) is 5.24. The van der Waals surface area contributed by atoms with Gasteiger partial charge in [-0.2, -0.15) is 13.2 Å². The van der Waals surface area contributed by atoms with Crippen LogP contribution in [0, 0.1) is 0 Å². The Morgan fingerprint density at radius 2 is 2.05 bits per heavy atom. The van der Waals surface area contributed by atoms with Crippen molar-refractivity contribution in [3.63, 3.8) is 0 Å². The van der Waals surface area contributed by atoms with Crippen molar-refractivity contribution >= 4 is 12.0 Å². The smallest absolute Gasteiger partial charge is 0.390 e. The van der Waals surface area contributed by atoms with Gasteiger partial charge in [0.05, 0.1) is 6.42 Å². The molecule has 0 aliphatic carbocycles. The van der Waals surface area contributed by atoms with Gasteiger partial charge in [0, 0.05) is 13.1 Å². The number of urea groups is 1.